The van der Waals surface area contributed by atoms with Gasteiger partial charge in [0.15, 0.2) is 0 Å². The van der Waals surface area contributed by atoms with E-state index in [1.165, 1.54) is 4.88 Å². The Hall–Kier alpha value is -0.600. The Labute approximate surface area is 139 Å². The number of aliphatic hydroxyl groups is 1. The number of rotatable bonds is 5. The highest BCUT2D eigenvalue weighted by molar-refractivity contribution is 8.00. The Morgan fingerprint density at radius 1 is 1.50 bits per heavy atom. The number of nitrogens with zero attached hydrogens (tertiary/aromatic N) is 1. The minimum Gasteiger partial charge on any atom is -0.390 e. The van der Waals surface area contributed by atoms with Crippen molar-refractivity contribution in [1.82, 2.24) is 10.2 Å². The number of amides is 1. The van der Waals surface area contributed by atoms with Gasteiger partial charge < -0.3 is 15.2 Å². The summed E-state index contributed by atoms with van der Waals surface area (Å²) in [5.41, 5.74) is 1.15. The maximum absolute atomic E-state index is 12.4. The van der Waals surface area contributed by atoms with Crippen LogP contribution in [-0.4, -0.2) is 67.2 Å². The molecular formula is C15H22N2O3S2. The van der Waals surface area contributed by atoms with Crippen molar-refractivity contribution in [2.24, 2.45) is 0 Å². The zero-order valence-electron chi connectivity index (χ0n) is 12.5. The molecule has 3 heterocycles. The first-order valence-corrected chi connectivity index (χ1v) is 9.60. The molecule has 1 amide bonds. The molecule has 1 saturated heterocycles. The molecule has 1 aromatic heterocycles. The van der Waals surface area contributed by atoms with E-state index in [0.717, 1.165) is 44.0 Å². The van der Waals surface area contributed by atoms with Crippen LogP contribution in [0.25, 0.3) is 0 Å². The van der Waals surface area contributed by atoms with Gasteiger partial charge in [0, 0.05) is 31.1 Å². The Balaban J connectivity index is 1.46. The number of nitrogens with one attached hydrogen (secondary N) is 1. The predicted octanol–water partition coefficient (Wildman–Crippen LogP) is 0.888. The van der Waals surface area contributed by atoms with Crippen LogP contribution in [0.15, 0.2) is 11.4 Å². The molecule has 2 N–H and O–H groups in total. The van der Waals surface area contributed by atoms with E-state index in [0.29, 0.717) is 13.1 Å². The number of β-amino-alcohol motifs (C(OH)–C–C–N with tert-alkyl or cyclic N) is 1. The van der Waals surface area contributed by atoms with Gasteiger partial charge in [0.2, 0.25) is 5.91 Å². The number of carbonyl (C=O) groups is 1. The van der Waals surface area contributed by atoms with Gasteiger partial charge in [0.1, 0.15) is 5.25 Å². The summed E-state index contributed by atoms with van der Waals surface area (Å²) >= 11 is 3.42. The lowest BCUT2D eigenvalue weighted by atomic mass is 10.1. The Kier molecular flexibility index (Phi) is 5.76. The first-order chi connectivity index (χ1) is 10.7. The highest BCUT2D eigenvalue weighted by Crippen LogP contribution is 2.39. The lowest BCUT2D eigenvalue weighted by Crippen LogP contribution is -2.45. The van der Waals surface area contributed by atoms with Gasteiger partial charge in [-0.2, -0.15) is 0 Å². The fourth-order valence-corrected chi connectivity index (χ4v) is 5.14. The number of hydrogen-bond acceptors (Lipinski definition) is 6. The molecule has 0 aliphatic carbocycles. The highest BCUT2D eigenvalue weighted by atomic mass is 32.2. The molecular weight excluding hydrogens is 320 g/mol. The van der Waals surface area contributed by atoms with E-state index in [2.05, 4.69) is 21.7 Å². The number of thioether (sulfide) groups is 1. The van der Waals surface area contributed by atoms with E-state index in [9.17, 15) is 9.90 Å². The average molecular weight is 342 g/mol. The Morgan fingerprint density at radius 3 is 3.14 bits per heavy atom. The lowest BCUT2D eigenvalue weighted by Gasteiger charge is -2.29. The van der Waals surface area contributed by atoms with Crippen LogP contribution in [0.2, 0.25) is 0 Å². The molecule has 0 spiro atoms. The number of thiophene rings is 1. The molecule has 5 nitrogen and oxygen atoms in total. The fourth-order valence-electron chi connectivity index (χ4n) is 2.82. The normalized spacial score (nSPS) is 23.8. The minimum absolute atomic E-state index is 0.0189. The number of carbonyl (C=O) groups excluding carboxylic acids is 1. The van der Waals surface area contributed by atoms with Crippen LogP contribution in [0.5, 0.6) is 0 Å². The number of hydrogen-bond donors (Lipinski definition) is 2. The number of aryl methyl sites for hydroxylation is 1. The Morgan fingerprint density at radius 2 is 2.32 bits per heavy atom. The van der Waals surface area contributed by atoms with E-state index in [1.54, 1.807) is 23.1 Å². The standard InChI is InChI=1S/C15H22N2O3S2/c18-11(10-17-3-5-20-6-4-17)9-16-15(19)14-12-1-7-21-13(12)2-8-22-14/h1,7,11,14,18H,2-6,8-10H2,(H,16,19)/t11-,14-/m1/s1. The van der Waals surface area contributed by atoms with Gasteiger partial charge >= 0.3 is 0 Å². The summed E-state index contributed by atoms with van der Waals surface area (Å²) < 4.78 is 5.29. The van der Waals surface area contributed by atoms with Gasteiger partial charge in [0.25, 0.3) is 0 Å². The van der Waals surface area contributed by atoms with Crippen molar-refractivity contribution < 1.29 is 14.6 Å². The van der Waals surface area contributed by atoms with Gasteiger partial charge in [0.05, 0.1) is 19.3 Å². The van der Waals surface area contributed by atoms with Crippen LogP contribution in [0.1, 0.15) is 15.7 Å². The number of fused-ring (bicyclic) bond motifs is 1. The molecule has 2 aliphatic rings. The van der Waals surface area contributed by atoms with Crippen molar-refractivity contribution in [3.05, 3.63) is 21.9 Å². The van der Waals surface area contributed by atoms with E-state index in [-0.39, 0.29) is 11.2 Å². The third kappa shape index (κ3) is 4.02. The SMILES string of the molecule is O=C(NC[C@@H](O)CN1CCOCC1)[C@@H]1SCCc2sccc21. The predicted molar refractivity (Wildman–Crippen MR) is 89.5 cm³/mol. The molecule has 0 aromatic carbocycles. The summed E-state index contributed by atoms with van der Waals surface area (Å²) in [5, 5.41) is 15.0. The summed E-state index contributed by atoms with van der Waals surface area (Å²) in [6, 6.07) is 2.06. The maximum Gasteiger partial charge on any atom is 0.237 e. The maximum atomic E-state index is 12.4. The van der Waals surface area contributed by atoms with Crippen molar-refractivity contribution >= 4 is 29.0 Å². The van der Waals surface area contributed by atoms with Gasteiger partial charge in [-0.3, -0.25) is 9.69 Å². The van der Waals surface area contributed by atoms with Crippen LogP contribution in [0, 0.1) is 0 Å². The first kappa shape index (κ1) is 16.3. The quantitative estimate of drug-likeness (QED) is 0.832. The monoisotopic (exact) mass is 342 g/mol. The van der Waals surface area contributed by atoms with E-state index < -0.39 is 6.10 Å². The van der Waals surface area contributed by atoms with Crippen LogP contribution < -0.4 is 5.32 Å². The lowest BCUT2D eigenvalue weighted by molar-refractivity contribution is -0.121. The average Bonchev–Trinajstić information content (AvgIpc) is 3.02. The number of aliphatic hydroxyl groups excluding tert-OH is 1. The molecule has 1 aromatic rings. The Bertz CT molecular complexity index is 503. The molecule has 22 heavy (non-hydrogen) atoms. The molecule has 0 radical (unpaired) electrons. The van der Waals surface area contributed by atoms with Crippen molar-refractivity contribution in [2.45, 2.75) is 17.8 Å². The topological polar surface area (TPSA) is 61.8 Å². The molecule has 2 atom stereocenters. The minimum atomic E-state index is -0.530. The van der Waals surface area contributed by atoms with Gasteiger partial charge in [-0.05, 0) is 29.2 Å². The molecule has 7 heteroatoms. The smallest absolute Gasteiger partial charge is 0.237 e. The van der Waals surface area contributed by atoms with Crippen molar-refractivity contribution in [3.63, 3.8) is 0 Å². The second-order valence-corrected chi connectivity index (χ2v) is 7.83. The zero-order chi connectivity index (χ0) is 15.4. The summed E-state index contributed by atoms with van der Waals surface area (Å²) in [6.45, 7) is 4.04. The van der Waals surface area contributed by atoms with Gasteiger partial charge in [-0.25, -0.2) is 0 Å². The van der Waals surface area contributed by atoms with Crippen molar-refractivity contribution in [1.29, 1.82) is 0 Å². The molecule has 0 saturated carbocycles. The van der Waals surface area contributed by atoms with Gasteiger partial charge in [-0.1, -0.05) is 0 Å². The van der Waals surface area contributed by atoms with E-state index in [1.807, 2.05) is 0 Å². The van der Waals surface area contributed by atoms with Crippen molar-refractivity contribution in [2.75, 3.05) is 45.1 Å². The second kappa shape index (κ2) is 7.79. The third-order valence-electron chi connectivity index (χ3n) is 4.00. The van der Waals surface area contributed by atoms with E-state index in [4.69, 9.17) is 4.74 Å². The number of ether oxygens (including phenoxy) is 1. The van der Waals surface area contributed by atoms with Crippen LogP contribution in [0.3, 0.4) is 0 Å². The summed E-state index contributed by atoms with van der Waals surface area (Å²) in [6.07, 6.45) is 0.527. The summed E-state index contributed by atoms with van der Waals surface area (Å²) in [4.78, 5) is 15.9. The number of morpholine rings is 1. The molecule has 0 unspecified atom stereocenters. The van der Waals surface area contributed by atoms with Crippen LogP contribution >= 0.6 is 23.1 Å². The van der Waals surface area contributed by atoms with Gasteiger partial charge in [-0.15, -0.1) is 23.1 Å². The van der Waals surface area contributed by atoms with E-state index >= 15 is 0 Å². The van der Waals surface area contributed by atoms with Crippen molar-refractivity contribution in [3.8, 4) is 0 Å². The molecule has 2 aliphatic heterocycles. The molecule has 3 rings (SSSR count). The summed E-state index contributed by atoms with van der Waals surface area (Å²) in [7, 11) is 0. The fraction of sp³-hybridized carbons (Fsp3) is 0.667. The second-order valence-electron chi connectivity index (χ2n) is 5.61. The largest absolute Gasteiger partial charge is 0.390 e. The summed E-state index contributed by atoms with van der Waals surface area (Å²) in [5.74, 6) is 1.01. The molecule has 122 valence electrons. The third-order valence-corrected chi connectivity index (χ3v) is 6.24. The van der Waals surface area contributed by atoms with Crippen LogP contribution in [0.4, 0.5) is 0 Å². The van der Waals surface area contributed by atoms with Crippen LogP contribution in [-0.2, 0) is 16.0 Å². The first-order valence-electron chi connectivity index (χ1n) is 7.68. The molecule has 0 bridgehead atoms. The zero-order valence-corrected chi connectivity index (χ0v) is 14.1. The molecule has 1 fully saturated rings. The highest BCUT2D eigenvalue weighted by Gasteiger charge is 2.28.